The van der Waals surface area contributed by atoms with Crippen molar-refractivity contribution >= 4 is 23.4 Å². The molecule has 6 nitrogen and oxygen atoms in total. The maximum Gasteiger partial charge on any atom is 0.242 e. The molecular weight excluding hydrogens is 318 g/mol. The Bertz CT molecular complexity index is 553. The summed E-state index contributed by atoms with van der Waals surface area (Å²) in [5, 5.41) is 15.6. The van der Waals surface area contributed by atoms with Crippen LogP contribution in [0, 0.1) is 5.92 Å². The van der Waals surface area contributed by atoms with E-state index in [1.807, 2.05) is 0 Å². The number of halogens is 1. The van der Waals surface area contributed by atoms with Crippen LogP contribution >= 0.6 is 11.6 Å². The van der Waals surface area contributed by atoms with Gasteiger partial charge in [-0.3, -0.25) is 14.6 Å². The van der Waals surface area contributed by atoms with E-state index >= 15 is 0 Å². The Morgan fingerprint density at radius 2 is 2.35 bits per heavy atom. The van der Waals surface area contributed by atoms with E-state index in [4.69, 9.17) is 11.6 Å². The van der Waals surface area contributed by atoms with Gasteiger partial charge in [0, 0.05) is 37.9 Å². The topological polar surface area (TPSA) is 91.3 Å². The predicted molar refractivity (Wildman–Crippen MR) is 86.9 cm³/mol. The number of rotatable bonds is 6. The molecular formula is C16H22ClN3O3. The standard InChI is InChI=1S/C16H22ClN3O3/c17-13-9-18-6-5-12(13)7-11(10-21)8-19-16(23)14-3-1-2-4-15(22)20-14/h5-6,9,11,14,21H,1-4,7-8,10H2,(H,19,23)(H,20,22)/t11-,14-/m0/s1. The maximum atomic E-state index is 12.2. The van der Waals surface area contributed by atoms with Gasteiger partial charge in [-0.1, -0.05) is 18.0 Å². The second-order valence-electron chi connectivity index (χ2n) is 5.83. The fourth-order valence-electron chi connectivity index (χ4n) is 2.62. The molecule has 23 heavy (non-hydrogen) atoms. The van der Waals surface area contributed by atoms with Crippen LogP contribution in [0.1, 0.15) is 31.2 Å². The first-order chi connectivity index (χ1) is 11.1. The van der Waals surface area contributed by atoms with E-state index in [-0.39, 0.29) is 24.3 Å². The molecule has 2 atom stereocenters. The average Bonchev–Trinajstić information content (AvgIpc) is 2.77. The van der Waals surface area contributed by atoms with Crippen molar-refractivity contribution in [2.45, 2.75) is 38.1 Å². The molecule has 1 aliphatic heterocycles. The van der Waals surface area contributed by atoms with Gasteiger partial charge in [0.15, 0.2) is 0 Å². The number of hydrogen-bond donors (Lipinski definition) is 3. The highest BCUT2D eigenvalue weighted by Crippen LogP contribution is 2.17. The van der Waals surface area contributed by atoms with Gasteiger partial charge in [0.05, 0.1) is 5.02 Å². The molecule has 0 aliphatic carbocycles. The Kier molecular flexibility index (Phi) is 6.80. The molecule has 1 aromatic rings. The highest BCUT2D eigenvalue weighted by Gasteiger charge is 2.23. The minimum atomic E-state index is -0.478. The lowest BCUT2D eigenvalue weighted by atomic mass is 10.0. The van der Waals surface area contributed by atoms with Gasteiger partial charge in [-0.05, 0) is 30.9 Å². The van der Waals surface area contributed by atoms with Gasteiger partial charge in [0.1, 0.15) is 6.04 Å². The van der Waals surface area contributed by atoms with Crippen molar-refractivity contribution in [3.63, 3.8) is 0 Å². The molecule has 2 heterocycles. The summed E-state index contributed by atoms with van der Waals surface area (Å²) in [6.07, 6.45) is 6.55. The van der Waals surface area contributed by atoms with Crippen molar-refractivity contribution in [3.8, 4) is 0 Å². The first-order valence-corrected chi connectivity index (χ1v) is 8.24. The number of aliphatic hydroxyl groups is 1. The highest BCUT2D eigenvalue weighted by molar-refractivity contribution is 6.31. The number of pyridine rings is 1. The van der Waals surface area contributed by atoms with E-state index in [0.29, 0.717) is 30.8 Å². The van der Waals surface area contributed by atoms with Crippen molar-refractivity contribution in [1.29, 1.82) is 0 Å². The molecule has 0 radical (unpaired) electrons. The van der Waals surface area contributed by atoms with Crippen LogP contribution in [0.15, 0.2) is 18.5 Å². The van der Waals surface area contributed by atoms with Crippen LogP contribution in [0.25, 0.3) is 0 Å². The second-order valence-corrected chi connectivity index (χ2v) is 6.24. The molecule has 1 aliphatic rings. The van der Waals surface area contributed by atoms with Crippen molar-refractivity contribution in [3.05, 3.63) is 29.0 Å². The normalized spacial score (nSPS) is 19.6. The lowest BCUT2D eigenvalue weighted by Crippen LogP contribution is -2.47. The summed E-state index contributed by atoms with van der Waals surface area (Å²) >= 11 is 6.06. The van der Waals surface area contributed by atoms with E-state index < -0.39 is 6.04 Å². The Labute approximate surface area is 140 Å². The van der Waals surface area contributed by atoms with Crippen LogP contribution in [0.4, 0.5) is 0 Å². The van der Waals surface area contributed by atoms with Crippen LogP contribution < -0.4 is 10.6 Å². The monoisotopic (exact) mass is 339 g/mol. The number of aliphatic hydroxyl groups excluding tert-OH is 1. The average molecular weight is 340 g/mol. The molecule has 7 heteroatoms. The smallest absolute Gasteiger partial charge is 0.242 e. The number of carbonyl (C=O) groups excluding carboxylic acids is 2. The molecule has 3 N–H and O–H groups in total. The number of carbonyl (C=O) groups is 2. The molecule has 0 aromatic carbocycles. The fraction of sp³-hybridized carbons (Fsp3) is 0.562. The molecule has 1 fully saturated rings. The number of hydrogen-bond acceptors (Lipinski definition) is 4. The van der Waals surface area contributed by atoms with Gasteiger partial charge in [-0.15, -0.1) is 0 Å². The lowest BCUT2D eigenvalue weighted by Gasteiger charge is -2.19. The van der Waals surface area contributed by atoms with E-state index in [9.17, 15) is 14.7 Å². The molecule has 2 rings (SSSR count). The third-order valence-electron chi connectivity index (χ3n) is 3.99. The van der Waals surface area contributed by atoms with E-state index in [0.717, 1.165) is 18.4 Å². The van der Waals surface area contributed by atoms with Crippen LogP contribution in [0.3, 0.4) is 0 Å². The van der Waals surface area contributed by atoms with Gasteiger partial charge in [-0.2, -0.15) is 0 Å². The molecule has 0 saturated carbocycles. The minimum absolute atomic E-state index is 0.0596. The van der Waals surface area contributed by atoms with E-state index in [1.54, 1.807) is 18.5 Å². The Hall–Kier alpha value is -1.66. The summed E-state index contributed by atoms with van der Waals surface area (Å²) in [6.45, 7) is 0.274. The summed E-state index contributed by atoms with van der Waals surface area (Å²) < 4.78 is 0. The highest BCUT2D eigenvalue weighted by atomic mass is 35.5. The molecule has 0 spiro atoms. The van der Waals surface area contributed by atoms with Gasteiger partial charge in [0.25, 0.3) is 0 Å². The molecule has 0 bridgehead atoms. The van der Waals surface area contributed by atoms with Gasteiger partial charge < -0.3 is 15.7 Å². The Morgan fingerprint density at radius 3 is 3.09 bits per heavy atom. The van der Waals surface area contributed by atoms with Crippen LogP contribution in [0.5, 0.6) is 0 Å². The van der Waals surface area contributed by atoms with Crippen molar-refractivity contribution in [2.24, 2.45) is 5.92 Å². The van der Waals surface area contributed by atoms with E-state index in [1.165, 1.54) is 0 Å². The fourth-order valence-corrected chi connectivity index (χ4v) is 2.82. The summed E-state index contributed by atoms with van der Waals surface area (Å²) in [5.41, 5.74) is 0.887. The SMILES string of the molecule is O=C1CCCC[C@@H](C(=O)NC[C@@H](CO)Cc2ccncc2Cl)N1. The summed E-state index contributed by atoms with van der Waals surface area (Å²) in [4.78, 5) is 27.6. The van der Waals surface area contributed by atoms with Crippen LogP contribution in [0.2, 0.25) is 5.02 Å². The first-order valence-electron chi connectivity index (χ1n) is 7.86. The Balaban J connectivity index is 1.86. The lowest BCUT2D eigenvalue weighted by molar-refractivity contribution is -0.128. The zero-order valence-corrected chi connectivity index (χ0v) is 13.7. The van der Waals surface area contributed by atoms with Crippen molar-refractivity contribution in [2.75, 3.05) is 13.2 Å². The number of nitrogens with one attached hydrogen (secondary N) is 2. The summed E-state index contributed by atoms with van der Waals surface area (Å²) in [6, 6.07) is 1.33. The van der Waals surface area contributed by atoms with Crippen molar-refractivity contribution < 1.29 is 14.7 Å². The molecule has 1 aromatic heterocycles. The Morgan fingerprint density at radius 1 is 1.52 bits per heavy atom. The van der Waals surface area contributed by atoms with Crippen LogP contribution in [-0.4, -0.2) is 41.1 Å². The number of aromatic nitrogens is 1. The van der Waals surface area contributed by atoms with Gasteiger partial charge in [-0.25, -0.2) is 0 Å². The van der Waals surface area contributed by atoms with Gasteiger partial charge in [0.2, 0.25) is 11.8 Å². The van der Waals surface area contributed by atoms with Gasteiger partial charge >= 0.3 is 0 Å². The quantitative estimate of drug-likeness (QED) is 0.722. The molecule has 126 valence electrons. The second kappa shape index (κ2) is 8.84. The summed E-state index contributed by atoms with van der Waals surface area (Å²) in [7, 11) is 0. The predicted octanol–water partition coefficient (Wildman–Crippen LogP) is 1.06. The zero-order chi connectivity index (χ0) is 16.7. The zero-order valence-electron chi connectivity index (χ0n) is 12.9. The summed E-state index contributed by atoms with van der Waals surface area (Å²) in [5.74, 6) is -0.412. The van der Waals surface area contributed by atoms with E-state index in [2.05, 4.69) is 15.6 Å². The first kappa shape index (κ1) is 17.7. The largest absolute Gasteiger partial charge is 0.396 e. The molecule has 2 amide bonds. The van der Waals surface area contributed by atoms with Crippen LogP contribution in [-0.2, 0) is 16.0 Å². The third kappa shape index (κ3) is 5.48. The third-order valence-corrected chi connectivity index (χ3v) is 4.33. The maximum absolute atomic E-state index is 12.2. The minimum Gasteiger partial charge on any atom is -0.396 e. The van der Waals surface area contributed by atoms with Crippen molar-refractivity contribution in [1.82, 2.24) is 15.6 Å². The number of nitrogens with zero attached hydrogens (tertiary/aromatic N) is 1. The molecule has 0 unspecified atom stereocenters. The number of amides is 2. The molecule has 1 saturated heterocycles.